The third-order valence-corrected chi connectivity index (χ3v) is 2.50. The molecule has 0 radical (unpaired) electrons. The Hall–Kier alpha value is -1.56. The molecule has 2 nitrogen and oxygen atoms in total. The Morgan fingerprint density at radius 2 is 1.88 bits per heavy atom. The summed E-state index contributed by atoms with van der Waals surface area (Å²) in [4.78, 5) is 0. The van der Waals surface area contributed by atoms with Crippen molar-refractivity contribution in [1.82, 2.24) is 10.6 Å². The largest absolute Gasteiger partial charge is 0.416 e. The van der Waals surface area contributed by atoms with Crippen LogP contribution in [-0.4, -0.2) is 6.67 Å². The van der Waals surface area contributed by atoms with Crippen LogP contribution in [0.3, 0.4) is 0 Å². The van der Waals surface area contributed by atoms with E-state index in [0.717, 1.165) is 18.2 Å². The van der Waals surface area contributed by atoms with Gasteiger partial charge in [0.1, 0.15) is 0 Å². The van der Waals surface area contributed by atoms with E-state index in [2.05, 4.69) is 10.6 Å². The second kappa shape index (κ2) is 4.03. The third kappa shape index (κ3) is 2.26. The Morgan fingerprint density at radius 1 is 1.18 bits per heavy atom. The van der Waals surface area contributed by atoms with E-state index in [1.54, 1.807) is 0 Å². The van der Waals surface area contributed by atoms with Gasteiger partial charge in [-0.05, 0) is 18.3 Å². The fourth-order valence-electron chi connectivity index (χ4n) is 1.70. The van der Waals surface area contributed by atoms with E-state index in [9.17, 15) is 17.6 Å². The molecule has 0 saturated heterocycles. The van der Waals surface area contributed by atoms with Gasteiger partial charge in [-0.1, -0.05) is 18.2 Å². The van der Waals surface area contributed by atoms with Crippen LogP contribution in [0, 0.1) is 0 Å². The quantitative estimate of drug-likeness (QED) is 0.587. The first kappa shape index (κ1) is 11.9. The molecule has 1 atom stereocenters. The maximum absolute atomic E-state index is 14.4. The fourth-order valence-corrected chi connectivity index (χ4v) is 1.70. The fraction of sp³-hybridized carbons (Fsp3) is 0.273. The number of hydrogen-bond donors (Lipinski definition) is 2. The van der Waals surface area contributed by atoms with E-state index in [4.69, 9.17) is 0 Å². The monoisotopic (exact) mass is 246 g/mol. The molecular formula is C11H10F4N2. The lowest BCUT2D eigenvalue weighted by molar-refractivity contribution is -0.139. The Kier molecular flexibility index (Phi) is 2.82. The number of alkyl halides is 4. The highest BCUT2D eigenvalue weighted by atomic mass is 19.4. The molecule has 17 heavy (non-hydrogen) atoms. The Balaban J connectivity index is 2.52. The van der Waals surface area contributed by atoms with E-state index in [1.165, 1.54) is 18.3 Å². The molecule has 1 heterocycles. The minimum absolute atomic E-state index is 0.0686. The van der Waals surface area contributed by atoms with Crippen molar-refractivity contribution in [1.29, 1.82) is 0 Å². The highest BCUT2D eigenvalue weighted by molar-refractivity contribution is 5.37. The number of halogens is 4. The van der Waals surface area contributed by atoms with Gasteiger partial charge < -0.3 is 5.32 Å². The van der Waals surface area contributed by atoms with Gasteiger partial charge in [-0.15, -0.1) is 0 Å². The van der Waals surface area contributed by atoms with Crippen LogP contribution in [0.5, 0.6) is 0 Å². The predicted molar refractivity (Wildman–Crippen MR) is 54.5 cm³/mol. The van der Waals surface area contributed by atoms with Gasteiger partial charge >= 0.3 is 6.18 Å². The van der Waals surface area contributed by atoms with Crippen LogP contribution < -0.4 is 10.6 Å². The van der Waals surface area contributed by atoms with Crippen molar-refractivity contribution in [2.75, 3.05) is 6.67 Å². The summed E-state index contributed by atoms with van der Waals surface area (Å²) >= 11 is 0. The highest BCUT2D eigenvalue weighted by Gasteiger charge is 2.41. The van der Waals surface area contributed by atoms with Crippen molar-refractivity contribution < 1.29 is 17.6 Å². The Labute approximate surface area is 95.3 Å². The van der Waals surface area contributed by atoms with Crippen LogP contribution in [0.25, 0.3) is 0 Å². The first-order valence-electron chi connectivity index (χ1n) is 4.95. The SMILES string of the molecule is FC(F)(F)c1ccccc1C1(F)C=CNCN1. The number of nitrogens with one attached hydrogen (secondary N) is 2. The molecule has 1 unspecified atom stereocenters. The zero-order valence-electron chi connectivity index (χ0n) is 8.68. The molecule has 1 aromatic carbocycles. The zero-order chi connectivity index (χ0) is 12.5. The van der Waals surface area contributed by atoms with Gasteiger partial charge in [-0.3, -0.25) is 5.32 Å². The first-order valence-corrected chi connectivity index (χ1v) is 4.95. The molecule has 0 amide bonds. The molecule has 0 spiro atoms. The summed E-state index contributed by atoms with van der Waals surface area (Å²) in [5.41, 5.74) is -1.40. The number of hydrogen-bond acceptors (Lipinski definition) is 2. The molecule has 1 aliphatic heterocycles. The lowest BCUT2D eigenvalue weighted by atomic mass is 9.97. The summed E-state index contributed by atoms with van der Waals surface area (Å²) in [5.74, 6) is -2.29. The second-order valence-corrected chi connectivity index (χ2v) is 3.65. The molecule has 0 aromatic heterocycles. The van der Waals surface area contributed by atoms with Crippen molar-refractivity contribution in [3.63, 3.8) is 0 Å². The van der Waals surface area contributed by atoms with E-state index in [1.807, 2.05) is 0 Å². The summed E-state index contributed by atoms with van der Waals surface area (Å²) in [7, 11) is 0. The lowest BCUT2D eigenvalue weighted by Crippen LogP contribution is -2.45. The summed E-state index contributed by atoms with van der Waals surface area (Å²) in [6.07, 6.45) is -2.25. The molecule has 1 aliphatic rings. The smallest absolute Gasteiger partial charge is 0.378 e. The molecule has 92 valence electrons. The molecule has 0 bridgehead atoms. The maximum atomic E-state index is 14.4. The maximum Gasteiger partial charge on any atom is 0.416 e. The van der Waals surface area contributed by atoms with E-state index in [0.29, 0.717) is 0 Å². The second-order valence-electron chi connectivity index (χ2n) is 3.65. The van der Waals surface area contributed by atoms with Crippen LogP contribution in [0.2, 0.25) is 0 Å². The molecule has 6 heteroatoms. The molecule has 2 N–H and O–H groups in total. The molecule has 0 fully saturated rings. The molecule has 2 rings (SSSR count). The predicted octanol–water partition coefficient (Wildman–Crippen LogP) is 2.49. The molecule has 0 saturated carbocycles. The van der Waals surface area contributed by atoms with Crippen LogP contribution >= 0.6 is 0 Å². The van der Waals surface area contributed by atoms with Crippen molar-refractivity contribution in [2.24, 2.45) is 0 Å². The molecular weight excluding hydrogens is 236 g/mol. The number of rotatable bonds is 1. The Bertz CT molecular complexity index is 441. The van der Waals surface area contributed by atoms with Gasteiger partial charge in [-0.2, -0.15) is 13.2 Å². The van der Waals surface area contributed by atoms with Gasteiger partial charge in [0.25, 0.3) is 0 Å². The average molecular weight is 246 g/mol. The van der Waals surface area contributed by atoms with Gasteiger partial charge in [0.05, 0.1) is 12.2 Å². The van der Waals surface area contributed by atoms with E-state index >= 15 is 0 Å². The highest BCUT2D eigenvalue weighted by Crippen LogP contribution is 2.38. The number of benzene rings is 1. The van der Waals surface area contributed by atoms with Crippen LogP contribution in [0.1, 0.15) is 11.1 Å². The topological polar surface area (TPSA) is 24.1 Å². The summed E-state index contributed by atoms with van der Waals surface area (Å²) in [6.45, 7) is 0.0686. The van der Waals surface area contributed by atoms with Gasteiger partial charge in [0.15, 0.2) is 0 Å². The van der Waals surface area contributed by atoms with Gasteiger partial charge in [0, 0.05) is 5.56 Å². The van der Waals surface area contributed by atoms with Crippen molar-refractivity contribution in [3.8, 4) is 0 Å². The summed E-state index contributed by atoms with van der Waals surface area (Å²) in [5, 5.41) is 5.01. The Morgan fingerprint density at radius 3 is 2.47 bits per heavy atom. The van der Waals surface area contributed by atoms with Crippen molar-refractivity contribution in [3.05, 3.63) is 47.7 Å². The first-order chi connectivity index (χ1) is 7.93. The zero-order valence-corrected chi connectivity index (χ0v) is 8.68. The van der Waals surface area contributed by atoms with Crippen LogP contribution in [0.4, 0.5) is 17.6 Å². The average Bonchev–Trinajstić information content (AvgIpc) is 2.29. The van der Waals surface area contributed by atoms with Crippen LogP contribution in [-0.2, 0) is 12.0 Å². The molecule has 1 aromatic rings. The lowest BCUT2D eigenvalue weighted by Gasteiger charge is -2.29. The minimum atomic E-state index is -4.57. The van der Waals surface area contributed by atoms with Gasteiger partial charge in [-0.25, -0.2) is 4.39 Å². The normalized spacial score (nSPS) is 24.5. The van der Waals surface area contributed by atoms with Crippen LogP contribution in [0.15, 0.2) is 36.5 Å². The van der Waals surface area contributed by atoms with Crippen molar-refractivity contribution in [2.45, 2.75) is 12.0 Å². The van der Waals surface area contributed by atoms with E-state index < -0.39 is 23.1 Å². The standard InChI is InChI=1S/C11H10F4N2/c12-10(5-6-16-7-17-10)8-3-1-2-4-9(8)11(13,14)15/h1-6,16-17H,7H2. The van der Waals surface area contributed by atoms with Crippen molar-refractivity contribution >= 4 is 0 Å². The van der Waals surface area contributed by atoms with E-state index in [-0.39, 0.29) is 6.67 Å². The summed E-state index contributed by atoms with van der Waals surface area (Å²) in [6, 6.07) is 4.61. The molecule has 0 aliphatic carbocycles. The third-order valence-electron chi connectivity index (χ3n) is 2.50. The van der Waals surface area contributed by atoms with Gasteiger partial charge in [0.2, 0.25) is 5.79 Å². The minimum Gasteiger partial charge on any atom is -0.378 e. The summed E-state index contributed by atoms with van der Waals surface area (Å²) < 4.78 is 52.6.